The monoisotopic (exact) mass is 451 g/mol. The Kier molecular flexibility index (Phi) is 8.20. The van der Waals surface area contributed by atoms with Crippen LogP contribution in [-0.4, -0.2) is 26.7 Å². The number of rotatable bonds is 10. The predicted molar refractivity (Wildman–Crippen MR) is 128 cm³/mol. The molecule has 0 fully saturated rings. The van der Waals surface area contributed by atoms with E-state index in [9.17, 15) is 13.2 Å². The molecule has 6 heteroatoms. The molecular formula is C26H29NO4S. The second kappa shape index (κ2) is 11.1. The van der Waals surface area contributed by atoms with Crippen LogP contribution >= 0.6 is 0 Å². The summed E-state index contributed by atoms with van der Waals surface area (Å²) in [6.07, 6.45) is 2.21. The maximum atomic E-state index is 13.4. The molecule has 3 rings (SSSR count). The molecule has 1 N–H and O–H groups in total. The van der Waals surface area contributed by atoms with Gasteiger partial charge in [-0.25, -0.2) is 0 Å². The van der Waals surface area contributed by atoms with Gasteiger partial charge in [0.25, 0.3) is 16.0 Å². The van der Waals surface area contributed by atoms with Crippen molar-refractivity contribution >= 4 is 16.0 Å². The summed E-state index contributed by atoms with van der Waals surface area (Å²) in [5.74, 6) is -0.196. The average molecular weight is 452 g/mol. The summed E-state index contributed by atoms with van der Waals surface area (Å²) in [7, 11) is -3.61. The minimum absolute atomic E-state index is 0.196. The van der Waals surface area contributed by atoms with Crippen molar-refractivity contribution in [3.63, 3.8) is 0 Å². The molecule has 3 aromatic rings. The van der Waals surface area contributed by atoms with Crippen molar-refractivity contribution in [2.24, 2.45) is 0 Å². The third kappa shape index (κ3) is 6.77. The lowest BCUT2D eigenvalue weighted by atomic mass is 9.91. The van der Waals surface area contributed by atoms with Gasteiger partial charge in [0.2, 0.25) is 0 Å². The zero-order chi connectivity index (χ0) is 23.0. The Labute approximate surface area is 190 Å². The van der Waals surface area contributed by atoms with E-state index in [4.69, 9.17) is 4.18 Å². The zero-order valence-corrected chi connectivity index (χ0v) is 19.3. The fraction of sp³-hybridized carbons (Fsp3) is 0.269. The van der Waals surface area contributed by atoms with E-state index in [-0.39, 0.29) is 5.91 Å². The number of amides is 1. The lowest BCUT2D eigenvalue weighted by Gasteiger charge is -2.20. The fourth-order valence-electron chi connectivity index (χ4n) is 3.76. The summed E-state index contributed by atoms with van der Waals surface area (Å²) < 4.78 is 28.9. The largest absolute Gasteiger partial charge is 0.348 e. The van der Waals surface area contributed by atoms with Gasteiger partial charge in [0.1, 0.15) is 0 Å². The van der Waals surface area contributed by atoms with Gasteiger partial charge in [-0.05, 0) is 28.7 Å². The minimum atomic E-state index is -3.61. The highest BCUT2D eigenvalue weighted by atomic mass is 32.2. The van der Waals surface area contributed by atoms with E-state index in [0.717, 1.165) is 34.9 Å². The van der Waals surface area contributed by atoms with Gasteiger partial charge in [-0.2, -0.15) is 8.42 Å². The first kappa shape index (κ1) is 23.7. The van der Waals surface area contributed by atoms with Gasteiger partial charge in [0.05, 0.1) is 17.9 Å². The molecule has 1 amide bonds. The van der Waals surface area contributed by atoms with Gasteiger partial charge in [0, 0.05) is 13.0 Å². The maximum Gasteiger partial charge on any atom is 0.264 e. The van der Waals surface area contributed by atoms with Crippen molar-refractivity contribution in [3.8, 4) is 11.1 Å². The number of hydrogen-bond donors (Lipinski definition) is 1. The molecule has 0 aromatic heterocycles. The topological polar surface area (TPSA) is 72.5 Å². The summed E-state index contributed by atoms with van der Waals surface area (Å²) in [6.45, 7) is 2.38. The molecule has 0 bridgehead atoms. The molecule has 1 unspecified atom stereocenters. The first-order valence-corrected chi connectivity index (χ1v) is 12.6. The number of hydrogen-bond acceptors (Lipinski definition) is 4. The summed E-state index contributed by atoms with van der Waals surface area (Å²) in [6, 6.07) is 25.1. The quantitative estimate of drug-likeness (QED) is 0.442. The lowest BCUT2D eigenvalue weighted by Crippen LogP contribution is -2.27. The average Bonchev–Trinajstić information content (AvgIpc) is 2.78. The molecule has 168 valence electrons. The Bertz CT molecular complexity index is 1130. The second-order valence-electron chi connectivity index (χ2n) is 7.79. The van der Waals surface area contributed by atoms with Gasteiger partial charge >= 0.3 is 0 Å². The molecule has 0 aliphatic carbocycles. The molecule has 5 nitrogen and oxygen atoms in total. The van der Waals surface area contributed by atoms with E-state index in [1.807, 2.05) is 85.8 Å². The Morgan fingerprint density at radius 2 is 1.59 bits per heavy atom. The zero-order valence-electron chi connectivity index (χ0n) is 18.5. The smallest absolute Gasteiger partial charge is 0.264 e. The van der Waals surface area contributed by atoms with Crippen molar-refractivity contribution < 1.29 is 17.4 Å². The van der Waals surface area contributed by atoms with Crippen LogP contribution in [0, 0.1) is 0 Å². The fourth-order valence-corrected chi connectivity index (χ4v) is 4.42. The van der Waals surface area contributed by atoms with E-state index in [1.54, 1.807) is 0 Å². The molecule has 3 aromatic carbocycles. The minimum Gasteiger partial charge on any atom is -0.348 e. The van der Waals surface area contributed by atoms with E-state index in [1.165, 1.54) is 0 Å². The maximum absolute atomic E-state index is 13.4. The molecule has 1 atom stereocenters. The first-order valence-electron chi connectivity index (χ1n) is 10.7. The van der Waals surface area contributed by atoms with Crippen molar-refractivity contribution in [2.75, 3.05) is 6.26 Å². The highest BCUT2D eigenvalue weighted by Crippen LogP contribution is 2.28. The van der Waals surface area contributed by atoms with Crippen LogP contribution < -0.4 is 5.32 Å². The van der Waals surface area contributed by atoms with Crippen LogP contribution in [0.5, 0.6) is 0 Å². The standard InChI is InChI=1S/C26H29NO4S/c1-3-11-23(31-32(2,29)30)18-22-16-10-17-24(21-14-8-5-9-15-21)25(22)26(28)27-19-20-12-6-4-7-13-20/h4-10,12-17,23H,3,11,18-19H2,1-2H3,(H,27,28). The molecule has 32 heavy (non-hydrogen) atoms. The highest BCUT2D eigenvalue weighted by molar-refractivity contribution is 7.86. The van der Waals surface area contributed by atoms with Gasteiger partial charge in [0.15, 0.2) is 0 Å². The SMILES string of the molecule is CCCC(Cc1cccc(-c2ccccc2)c1C(=O)NCc1ccccc1)OS(C)(=O)=O. The molecule has 0 radical (unpaired) electrons. The van der Waals surface area contributed by atoms with Crippen LogP contribution in [0.3, 0.4) is 0 Å². The highest BCUT2D eigenvalue weighted by Gasteiger charge is 2.22. The van der Waals surface area contributed by atoms with Crippen LogP contribution in [0.25, 0.3) is 11.1 Å². The first-order chi connectivity index (χ1) is 15.4. The third-order valence-electron chi connectivity index (χ3n) is 5.13. The van der Waals surface area contributed by atoms with Crippen LogP contribution in [-0.2, 0) is 27.3 Å². The normalized spacial score (nSPS) is 12.3. The van der Waals surface area contributed by atoms with Crippen molar-refractivity contribution in [1.82, 2.24) is 5.32 Å². The molecule has 0 aliphatic rings. The summed E-state index contributed by atoms with van der Waals surface area (Å²) in [5.41, 5.74) is 4.05. The van der Waals surface area contributed by atoms with Gasteiger partial charge in [-0.3, -0.25) is 8.98 Å². The number of nitrogens with one attached hydrogen (secondary N) is 1. The van der Waals surface area contributed by atoms with E-state index in [0.29, 0.717) is 24.9 Å². The number of benzene rings is 3. The summed E-state index contributed by atoms with van der Waals surface area (Å²) in [4.78, 5) is 13.4. The Balaban J connectivity index is 1.97. The van der Waals surface area contributed by atoms with Gasteiger partial charge < -0.3 is 5.32 Å². The second-order valence-corrected chi connectivity index (χ2v) is 9.39. The van der Waals surface area contributed by atoms with E-state index in [2.05, 4.69) is 5.32 Å². The Morgan fingerprint density at radius 1 is 0.938 bits per heavy atom. The van der Waals surface area contributed by atoms with E-state index >= 15 is 0 Å². The van der Waals surface area contributed by atoms with Crippen LogP contribution in [0.4, 0.5) is 0 Å². The number of carbonyl (C=O) groups is 1. The van der Waals surface area contributed by atoms with Crippen molar-refractivity contribution in [1.29, 1.82) is 0 Å². The van der Waals surface area contributed by atoms with Gasteiger partial charge in [-0.15, -0.1) is 0 Å². The number of carbonyl (C=O) groups excluding carboxylic acids is 1. The van der Waals surface area contributed by atoms with Crippen LogP contribution in [0.15, 0.2) is 78.9 Å². The van der Waals surface area contributed by atoms with Crippen molar-refractivity contribution in [2.45, 2.75) is 38.8 Å². The molecular weight excluding hydrogens is 422 g/mol. The predicted octanol–water partition coefficient (Wildman–Crippen LogP) is 4.97. The van der Waals surface area contributed by atoms with E-state index < -0.39 is 16.2 Å². The molecule has 0 saturated heterocycles. The molecule has 0 spiro atoms. The Morgan fingerprint density at radius 3 is 2.22 bits per heavy atom. The van der Waals surface area contributed by atoms with Crippen LogP contribution in [0.2, 0.25) is 0 Å². The van der Waals surface area contributed by atoms with Crippen LogP contribution in [0.1, 0.15) is 41.3 Å². The lowest BCUT2D eigenvalue weighted by molar-refractivity contribution is 0.0950. The summed E-state index contributed by atoms with van der Waals surface area (Å²) in [5, 5.41) is 3.02. The summed E-state index contributed by atoms with van der Waals surface area (Å²) >= 11 is 0. The molecule has 0 heterocycles. The third-order valence-corrected chi connectivity index (χ3v) is 5.75. The Hall–Kier alpha value is -2.96. The van der Waals surface area contributed by atoms with Gasteiger partial charge in [-0.1, -0.05) is 92.2 Å². The molecule has 0 saturated carbocycles. The molecule has 0 aliphatic heterocycles. The van der Waals surface area contributed by atoms with Crippen molar-refractivity contribution in [3.05, 3.63) is 95.6 Å².